The lowest BCUT2D eigenvalue weighted by Crippen LogP contribution is -2.07. The molecule has 5 nitrogen and oxygen atoms in total. The molecular weight excluding hydrogens is 272 g/mol. The van der Waals surface area contributed by atoms with E-state index in [1.807, 2.05) is 29.7 Å². The molecule has 2 aromatic rings. The van der Waals surface area contributed by atoms with Gasteiger partial charge in [0, 0.05) is 12.7 Å². The SMILES string of the molecule is COCCn1c(SCC#N)nnc1-c1cccc(C)c1. The van der Waals surface area contributed by atoms with Crippen LogP contribution in [0, 0.1) is 18.3 Å². The van der Waals surface area contributed by atoms with Crippen LogP contribution < -0.4 is 0 Å². The number of hydrogen-bond donors (Lipinski definition) is 0. The van der Waals surface area contributed by atoms with Gasteiger partial charge in [0.25, 0.3) is 0 Å². The van der Waals surface area contributed by atoms with Gasteiger partial charge in [0.1, 0.15) is 0 Å². The molecule has 0 saturated heterocycles. The molecule has 1 aromatic heterocycles. The van der Waals surface area contributed by atoms with Crippen LogP contribution in [-0.4, -0.2) is 34.2 Å². The zero-order valence-corrected chi connectivity index (χ0v) is 12.4. The van der Waals surface area contributed by atoms with E-state index < -0.39 is 0 Å². The summed E-state index contributed by atoms with van der Waals surface area (Å²) in [5.74, 6) is 1.17. The van der Waals surface area contributed by atoms with Crippen LogP contribution in [0.15, 0.2) is 29.4 Å². The maximum Gasteiger partial charge on any atom is 0.192 e. The molecule has 0 unspecified atom stereocenters. The zero-order valence-electron chi connectivity index (χ0n) is 11.5. The summed E-state index contributed by atoms with van der Waals surface area (Å²) in [5.41, 5.74) is 2.20. The molecule has 104 valence electrons. The number of benzene rings is 1. The van der Waals surface area contributed by atoms with E-state index in [4.69, 9.17) is 10.00 Å². The molecule has 0 bridgehead atoms. The van der Waals surface area contributed by atoms with E-state index in [0.717, 1.165) is 16.5 Å². The molecule has 0 spiro atoms. The summed E-state index contributed by atoms with van der Waals surface area (Å²) in [6.45, 7) is 3.29. The molecule has 0 aliphatic carbocycles. The Morgan fingerprint density at radius 1 is 1.40 bits per heavy atom. The lowest BCUT2D eigenvalue weighted by atomic mass is 10.1. The van der Waals surface area contributed by atoms with Crippen molar-refractivity contribution in [1.82, 2.24) is 14.8 Å². The molecule has 0 N–H and O–H groups in total. The monoisotopic (exact) mass is 288 g/mol. The van der Waals surface area contributed by atoms with Crippen molar-refractivity contribution in [3.8, 4) is 17.5 Å². The Hall–Kier alpha value is -1.84. The van der Waals surface area contributed by atoms with E-state index in [0.29, 0.717) is 18.9 Å². The van der Waals surface area contributed by atoms with E-state index in [9.17, 15) is 0 Å². The Morgan fingerprint density at radius 3 is 2.95 bits per heavy atom. The normalized spacial score (nSPS) is 10.4. The predicted molar refractivity (Wildman–Crippen MR) is 78.4 cm³/mol. The maximum absolute atomic E-state index is 8.70. The highest BCUT2D eigenvalue weighted by atomic mass is 32.2. The minimum Gasteiger partial charge on any atom is -0.383 e. The second kappa shape index (κ2) is 7.08. The van der Waals surface area contributed by atoms with Gasteiger partial charge in [-0.3, -0.25) is 4.57 Å². The van der Waals surface area contributed by atoms with Gasteiger partial charge < -0.3 is 4.74 Å². The second-order valence-electron chi connectivity index (χ2n) is 4.27. The van der Waals surface area contributed by atoms with Gasteiger partial charge in [-0.15, -0.1) is 10.2 Å². The van der Waals surface area contributed by atoms with Gasteiger partial charge in [-0.05, 0) is 13.0 Å². The van der Waals surface area contributed by atoms with Gasteiger partial charge in [-0.25, -0.2) is 0 Å². The smallest absolute Gasteiger partial charge is 0.192 e. The van der Waals surface area contributed by atoms with Crippen LogP contribution in [0.5, 0.6) is 0 Å². The molecule has 2 rings (SSSR count). The summed E-state index contributed by atoms with van der Waals surface area (Å²) >= 11 is 1.39. The van der Waals surface area contributed by atoms with Crippen molar-refractivity contribution in [2.24, 2.45) is 0 Å². The fourth-order valence-corrected chi connectivity index (χ4v) is 2.50. The average Bonchev–Trinajstić information content (AvgIpc) is 2.85. The second-order valence-corrected chi connectivity index (χ2v) is 5.21. The Bertz CT molecular complexity index is 618. The quantitative estimate of drug-likeness (QED) is 0.764. The first-order valence-corrected chi connectivity index (χ1v) is 7.23. The highest BCUT2D eigenvalue weighted by Crippen LogP contribution is 2.24. The maximum atomic E-state index is 8.70. The highest BCUT2D eigenvalue weighted by Gasteiger charge is 2.14. The number of rotatable bonds is 6. The van der Waals surface area contributed by atoms with Crippen molar-refractivity contribution in [3.05, 3.63) is 29.8 Å². The van der Waals surface area contributed by atoms with E-state index in [2.05, 4.69) is 22.3 Å². The van der Waals surface area contributed by atoms with Crippen LogP contribution in [0.3, 0.4) is 0 Å². The third-order valence-electron chi connectivity index (χ3n) is 2.78. The summed E-state index contributed by atoms with van der Waals surface area (Å²) in [6.07, 6.45) is 0. The summed E-state index contributed by atoms with van der Waals surface area (Å²) in [5, 5.41) is 17.9. The highest BCUT2D eigenvalue weighted by molar-refractivity contribution is 7.99. The van der Waals surface area contributed by atoms with Crippen molar-refractivity contribution >= 4 is 11.8 Å². The van der Waals surface area contributed by atoms with Crippen molar-refractivity contribution in [2.45, 2.75) is 18.6 Å². The number of hydrogen-bond acceptors (Lipinski definition) is 5. The van der Waals surface area contributed by atoms with Gasteiger partial charge in [0.05, 0.1) is 25.0 Å². The molecule has 0 amide bonds. The number of methoxy groups -OCH3 is 1. The standard InChI is InChI=1S/C14H16N4OS/c1-11-4-3-5-12(10-11)13-16-17-14(20-9-6-15)18(13)7-8-19-2/h3-5,10H,7-9H2,1-2H3. The first-order valence-electron chi connectivity index (χ1n) is 6.25. The number of nitriles is 1. The van der Waals surface area contributed by atoms with Crippen LogP contribution in [-0.2, 0) is 11.3 Å². The Kier molecular flexibility index (Phi) is 5.16. The third kappa shape index (κ3) is 3.38. The van der Waals surface area contributed by atoms with Crippen molar-refractivity contribution < 1.29 is 4.74 Å². The van der Waals surface area contributed by atoms with Gasteiger partial charge in [-0.1, -0.05) is 35.5 Å². The Morgan fingerprint density at radius 2 is 2.25 bits per heavy atom. The van der Waals surface area contributed by atoms with Crippen molar-refractivity contribution in [2.75, 3.05) is 19.5 Å². The average molecular weight is 288 g/mol. The molecule has 0 saturated carbocycles. The molecule has 20 heavy (non-hydrogen) atoms. The van der Waals surface area contributed by atoms with Gasteiger partial charge in [0.2, 0.25) is 0 Å². The van der Waals surface area contributed by atoms with Gasteiger partial charge >= 0.3 is 0 Å². The zero-order chi connectivity index (χ0) is 14.4. The van der Waals surface area contributed by atoms with Gasteiger partial charge in [-0.2, -0.15) is 5.26 Å². The van der Waals surface area contributed by atoms with E-state index >= 15 is 0 Å². The van der Waals surface area contributed by atoms with Crippen LogP contribution in [0.25, 0.3) is 11.4 Å². The van der Waals surface area contributed by atoms with Crippen LogP contribution in [0.4, 0.5) is 0 Å². The molecule has 0 aliphatic heterocycles. The molecule has 1 heterocycles. The minimum atomic E-state index is 0.360. The van der Waals surface area contributed by atoms with Crippen LogP contribution >= 0.6 is 11.8 Å². The number of aromatic nitrogens is 3. The molecule has 0 fully saturated rings. The molecule has 1 aromatic carbocycles. The summed E-state index contributed by atoms with van der Waals surface area (Å²) < 4.78 is 7.14. The fourth-order valence-electron chi connectivity index (χ4n) is 1.87. The molecule has 0 radical (unpaired) electrons. The topological polar surface area (TPSA) is 63.7 Å². The van der Waals surface area contributed by atoms with Crippen molar-refractivity contribution in [1.29, 1.82) is 5.26 Å². The number of nitrogens with zero attached hydrogens (tertiary/aromatic N) is 4. The van der Waals surface area contributed by atoms with Crippen LogP contribution in [0.2, 0.25) is 0 Å². The van der Waals surface area contributed by atoms with E-state index in [1.54, 1.807) is 7.11 Å². The summed E-state index contributed by atoms with van der Waals surface area (Å²) in [7, 11) is 1.67. The molecule has 6 heteroatoms. The molecular formula is C14H16N4OS. The summed E-state index contributed by atoms with van der Waals surface area (Å²) in [4.78, 5) is 0. The van der Waals surface area contributed by atoms with Crippen LogP contribution in [0.1, 0.15) is 5.56 Å². The number of ether oxygens (including phenoxy) is 1. The third-order valence-corrected chi connectivity index (χ3v) is 3.61. The minimum absolute atomic E-state index is 0.360. The lowest BCUT2D eigenvalue weighted by molar-refractivity contribution is 0.185. The molecule has 0 aliphatic rings. The Labute approximate surface area is 122 Å². The Balaban J connectivity index is 2.36. The summed E-state index contributed by atoms with van der Waals surface area (Å²) in [6, 6.07) is 10.2. The largest absolute Gasteiger partial charge is 0.383 e. The lowest BCUT2D eigenvalue weighted by Gasteiger charge is -2.09. The first-order chi connectivity index (χ1) is 9.76. The van der Waals surface area contributed by atoms with Crippen molar-refractivity contribution in [3.63, 3.8) is 0 Å². The van der Waals surface area contributed by atoms with E-state index in [1.165, 1.54) is 17.3 Å². The number of aryl methyl sites for hydroxylation is 1. The predicted octanol–water partition coefficient (Wildman–Crippen LogP) is 2.52. The first kappa shape index (κ1) is 14.6. The molecule has 0 atom stereocenters. The van der Waals surface area contributed by atoms with Gasteiger partial charge in [0.15, 0.2) is 11.0 Å². The number of thioether (sulfide) groups is 1. The fraction of sp³-hybridized carbons (Fsp3) is 0.357. The van der Waals surface area contributed by atoms with E-state index in [-0.39, 0.29) is 0 Å².